The Bertz CT molecular complexity index is 620. The Morgan fingerprint density at radius 3 is 2.95 bits per heavy atom. The molecule has 2 N–H and O–H groups in total. The lowest BCUT2D eigenvalue weighted by atomic mass is 10.3. The first-order valence-corrected chi connectivity index (χ1v) is 6.93. The van der Waals surface area contributed by atoms with Gasteiger partial charge >= 0.3 is 5.97 Å². The van der Waals surface area contributed by atoms with Gasteiger partial charge in [-0.3, -0.25) is 14.3 Å². The summed E-state index contributed by atoms with van der Waals surface area (Å²) in [5.74, 6) is -0.874. The number of carboxylic acids is 1. The number of thiazole rings is 1. The Morgan fingerprint density at radius 1 is 1.50 bits per heavy atom. The molecule has 2 aromatic heterocycles. The highest BCUT2D eigenvalue weighted by Crippen LogP contribution is 2.11. The standard InChI is InChI=1S/C12H14N4O3S/c1-2-11-13-8(7-20-11)5-10(17)14-9-3-4-16(15-9)6-12(18)19/h3-4,7H,2,5-6H2,1H3,(H,18,19)(H,14,15,17). The molecular weight excluding hydrogens is 280 g/mol. The van der Waals surface area contributed by atoms with E-state index in [1.165, 1.54) is 22.2 Å². The summed E-state index contributed by atoms with van der Waals surface area (Å²) < 4.78 is 1.25. The third kappa shape index (κ3) is 3.89. The Labute approximate surface area is 119 Å². The zero-order valence-electron chi connectivity index (χ0n) is 10.9. The van der Waals surface area contributed by atoms with E-state index in [1.807, 2.05) is 12.3 Å². The third-order valence-electron chi connectivity index (χ3n) is 2.45. The van der Waals surface area contributed by atoms with Crippen LogP contribution in [0.2, 0.25) is 0 Å². The molecule has 7 nitrogen and oxygen atoms in total. The van der Waals surface area contributed by atoms with Gasteiger partial charge in [-0.2, -0.15) is 5.10 Å². The van der Waals surface area contributed by atoms with E-state index in [4.69, 9.17) is 5.11 Å². The van der Waals surface area contributed by atoms with Gasteiger partial charge in [-0.15, -0.1) is 11.3 Å². The van der Waals surface area contributed by atoms with Gasteiger partial charge in [-0.05, 0) is 6.42 Å². The second-order valence-electron chi connectivity index (χ2n) is 4.10. The summed E-state index contributed by atoms with van der Waals surface area (Å²) in [6, 6.07) is 1.55. The van der Waals surface area contributed by atoms with Gasteiger partial charge in [-0.25, -0.2) is 4.98 Å². The number of nitrogens with one attached hydrogen (secondary N) is 1. The molecule has 2 rings (SSSR count). The Morgan fingerprint density at radius 2 is 2.30 bits per heavy atom. The van der Waals surface area contributed by atoms with Crippen molar-refractivity contribution in [3.63, 3.8) is 0 Å². The molecule has 0 aromatic carbocycles. The van der Waals surface area contributed by atoms with E-state index >= 15 is 0 Å². The van der Waals surface area contributed by atoms with E-state index in [9.17, 15) is 9.59 Å². The van der Waals surface area contributed by atoms with Crippen LogP contribution in [0.5, 0.6) is 0 Å². The van der Waals surface area contributed by atoms with Gasteiger partial charge in [0.15, 0.2) is 5.82 Å². The molecule has 106 valence electrons. The zero-order chi connectivity index (χ0) is 14.5. The SMILES string of the molecule is CCc1nc(CC(=O)Nc2ccn(CC(=O)O)n2)cs1. The van der Waals surface area contributed by atoms with E-state index < -0.39 is 5.97 Å². The molecule has 0 saturated carbocycles. The van der Waals surface area contributed by atoms with Crippen LogP contribution in [0.4, 0.5) is 5.82 Å². The molecule has 0 fully saturated rings. The molecule has 0 saturated heterocycles. The van der Waals surface area contributed by atoms with Gasteiger partial charge in [0.2, 0.25) is 5.91 Å². The number of amides is 1. The first kappa shape index (κ1) is 14.2. The maximum atomic E-state index is 11.8. The lowest BCUT2D eigenvalue weighted by Crippen LogP contribution is -2.16. The molecule has 0 spiro atoms. The smallest absolute Gasteiger partial charge is 0.325 e. The largest absolute Gasteiger partial charge is 0.480 e. The number of rotatable bonds is 6. The number of anilines is 1. The number of aliphatic carboxylic acids is 1. The summed E-state index contributed by atoms with van der Waals surface area (Å²) in [4.78, 5) is 26.6. The third-order valence-corrected chi connectivity index (χ3v) is 3.49. The second kappa shape index (κ2) is 6.29. The normalized spacial score (nSPS) is 10.4. The van der Waals surface area contributed by atoms with Crippen LogP contribution in [0.15, 0.2) is 17.6 Å². The monoisotopic (exact) mass is 294 g/mol. The molecule has 1 amide bonds. The number of carboxylic acid groups (broad SMARTS) is 1. The van der Waals surface area contributed by atoms with Crippen molar-refractivity contribution in [2.24, 2.45) is 0 Å². The first-order valence-electron chi connectivity index (χ1n) is 6.05. The minimum absolute atomic E-state index is 0.183. The van der Waals surface area contributed by atoms with Crippen molar-refractivity contribution in [3.8, 4) is 0 Å². The average Bonchev–Trinajstić information content (AvgIpc) is 2.98. The number of hydrogen-bond donors (Lipinski definition) is 2. The van der Waals surface area contributed by atoms with Gasteiger partial charge in [0, 0.05) is 17.6 Å². The highest BCUT2D eigenvalue weighted by molar-refractivity contribution is 7.09. The molecule has 0 bridgehead atoms. The Balaban J connectivity index is 1.90. The molecule has 20 heavy (non-hydrogen) atoms. The van der Waals surface area contributed by atoms with Crippen molar-refractivity contribution in [1.82, 2.24) is 14.8 Å². The number of aryl methyl sites for hydroxylation is 1. The van der Waals surface area contributed by atoms with Gasteiger partial charge < -0.3 is 10.4 Å². The average molecular weight is 294 g/mol. The summed E-state index contributed by atoms with van der Waals surface area (Å²) in [5, 5.41) is 18.0. The molecule has 0 aliphatic carbocycles. The first-order chi connectivity index (χ1) is 9.56. The molecule has 8 heteroatoms. The van der Waals surface area contributed by atoms with Gasteiger partial charge in [0.25, 0.3) is 0 Å². The van der Waals surface area contributed by atoms with Crippen LogP contribution in [0.25, 0.3) is 0 Å². The predicted octanol–water partition coefficient (Wildman–Crippen LogP) is 1.17. The fraction of sp³-hybridized carbons (Fsp3) is 0.333. The van der Waals surface area contributed by atoms with Crippen LogP contribution in [0.1, 0.15) is 17.6 Å². The fourth-order valence-electron chi connectivity index (χ4n) is 1.60. The lowest BCUT2D eigenvalue weighted by Gasteiger charge is -2.00. The molecule has 0 unspecified atom stereocenters. The molecule has 0 radical (unpaired) electrons. The van der Waals surface area contributed by atoms with E-state index in [1.54, 1.807) is 6.07 Å². The summed E-state index contributed by atoms with van der Waals surface area (Å²) in [6.07, 6.45) is 2.54. The quantitative estimate of drug-likeness (QED) is 0.833. The van der Waals surface area contributed by atoms with Gasteiger partial charge in [-0.1, -0.05) is 6.92 Å². The predicted molar refractivity (Wildman–Crippen MR) is 73.7 cm³/mol. The van der Waals surface area contributed by atoms with Crippen LogP contribution >= 0.6 is 11.3 Å². The Kier molecular flexibility index (Phi) is 4.46. The van der Waals surface area contributed by atoms with Crippen molar-refractivity contribution in [3.05, 3.63) is 28.3 Å². The lowest BCUT2D eigenvalue weighted by molar-refractivity contribution is -0.137. The molecular formula is C12H14N4O3S. The minimum Gasteiger partial charge on any atom is -0.480 e. The van der Waals surface area contributed by atoms with Crippen LogP contribution in [-0.2, 0) is 29.0 Å². The van der Waals surface area contributed by atoms with Crippen LogP contribution < -0.4 is 5.32 Å². The van der Waals surface area contributed by atoms with E-state index in [-0.39, 0.29) is 18.9 Å². The van der Waals surface area contributed by atoms with Crippen molar-refractivity contribution >= 4 is 29.0 Å². The minimum atomic E-state index is -0.986. The van der Waals surface area contributed by atoms with Crippen molar-refractivity contribution < 1.29 is 14.7 Å². The number of carbonyl (C=O) groups is 2. The number of carbonyl (C=O) groups excluding carboxylic acids is 1. The summed E-state index contributed by atoms with van der Waals surface area (Å²) in [6.45, 7) is 1.78. The van der Waals surface area contributed by atoms with Crippen molar-refractivity contribution in [2.45, 2.75) is 26.3 Å². The number of hydrogen-bond acceptors (Lipinski definition) is 5. The van der Waals surface area contributed by atoms with Crippen LogP contribution in [-0.4, -0.2) is 31.7 Å². The second-order valence-corrected chi connectivity index (χ2v) is 5.05. The van der Waals surface area contributed by atoms with E-state index in [0.717, 1.165) is 17.1 Å². The zero-order valence-corrected chi connectivity index (χ0v) is 11.7. The fourth-order valence-corrected chi connectivity index (χ4v) is 2.34. The maximum Gasteiger partial charge on any atom is 0.325 e. The van der Waals surface area contributed by atoms with Crippen LogP contribution in [0.3, 0.4) is 0 Å². The van der Waals surface area contributed by atoms with Gasteiger partial charge in [0.05, 0.1) is 17.1 Å². The summed E-state index contributed by atoms with van der Waals surface area (Å²) in [7, 11) is 0. The van der Waals surface area contributed by atoms with E-state index in [0.29, 0.717) is 5.82 Å². The number of aromatic nitrogens is 3. The Hall–Kier alpha value is -2.22. The van der Waals surface area contributed by atoms with Crippen molar-refractivity contribution in [2.75, 3.05) is 5.32 Å². The molecule has 2 heterocycles. The number of nitrogens with zero attached hydrogens (tertiary/aromatic N) is 3. The molecule has 0 atom stereocenters. The molecule has 0 aliphatic heterocycles. The van der Waals surface area contributed by atoms with Crippen LogP contribution in [0, 0.1) is 0 Å². The van der Waals surface area contributed by atoms with Crippen molar-refractivity contribution in [1.29, 1.82) is 0 Å². The summed E-state index contributed by atoms with van der Waals surface area (Å²) in [5.41, 5.74) is 0.731. The maximum absolute atomic E-state index is 11.8. The van der Waals surface area contributed by atoms with E-state index in [2.05, 4.69) is 15.4 Å². The highest BCUT2D eigenvalue weighted by Gasteiger charge is 2.09. The molecule has 2 aromatic rings. The molecule has 0 aliphatic rings. The summed E-state index contributed by atoms with van der Waals surface area (Å²) >= 11 is 1.53. The van der Waals surface area contributed by atoms with Gasteiger partial charge in [0.1, 0.15) is 6.54 Å². The topological polar surface area (TPSA) is 97.1 Å². The highest BCUT2D eigenvalue weighted by atomic mass is 32.1.